The van der Waals surface area contributed by atoms with Gasteiger partial charge in [0.2, 0.25) is 0 Å². The molecule has 1 aromatic heterocycles. The number of aromatic nitrogens is 3. The predicted molar refractivity (Wildman–Crippen MR) is 130 cm³/mol. The molecule has 2 N–H and O–H groups in total. The maximum absolute atomic E-state index is 4.37. The van der Waals surface area contributed by atoms with Gasteiger partial charge in [0.1, 0.15) is 5.82 Å². The standard InChI is InChI=1S/C22H34N6.HI/c1-17(2)19-12-10-18(11-13-19)8-7-14-24-22(23-3)25-16-21-27-26-20-9-5-4-6-15-28(20)21;/h10-13,17H,4-9,14-16H2,1-3H3,(H2,23,24,25);1H. The molecule has 0 radical (unpaired) electrons. The topological polar surface area (TPSA) is 67.1 Å². The molecule has 29 heavy (non-hydrogen) atoms. The van der Waals surface area contributed by atoms with Crippen LogP contribution in [0.4, 0.5) is 0 Å². The molecular formula is C22H35IN6. The van der Waals surface area contributed by atoms with Gasteiger partial charge in [-0.05, 0) is 42.7 Å². The minimum absolute atomic E-state index is 0. The van der Waals surface area contributed by atoms with Crippen molar-refractivity contribution < 1.29 is 0 Å². The number of halogens is 1. The maximum Gasteiger partial charge on any atom is 0.191 e. The Balaban J connectivity index is 0.00000300. The summed E-state index contributed by atoms with van der Waals surface area (Å²) in [6.07, 6.45) is 6.89. The Morgan fingerprint density at radius 1 is 1.10 bits per heavy atom. The minimum Gasteiger partial charge on any atom is -0.356 e. The van der Waals surface area contributed by atoms with E-state index in [0.29, 0.717) is 12.5 Å². The van der Waals surface area contributed by atoms with Crippen molar-refractivity contribution in [2.75, 3.05) is 13.6 Å². The number of hydrogen-bond donors (Lipinski definition) is 2. The zero-order valence-electron chi connectivity index (χ0n) is 17.9. The minimum atomic E-state index is 0. The lowest BCUT2D eigenvalue weighted by molar-refractivity contribution is 0.596. The highest BCUT2D eigenvalue weighted by Crippen LogP contribution is 2.15. The fourth-order valence-electron chi connectivity index (χ4n) is 3.63. The molecule has 0 aliphatic carbocycles. The molecule has 0 amide bonds. The highest BCUT2D eigenvalue weighted by molar-refractivity contribution is 14.0. The van der Waals surface area contributed by atoms with Gasteiger partial charge in [-0.3, -0.25) is 4.99 Å². The number of rotatable bonds is 7. The van der Waals surface area contributed by atoms with E-state index in [1.165, 1.54) is 30.4 Å². The molecule has 1 aromatic carbocycles. The molecule has 0 unspecified atom stereocenters. The quantitative estimate of drug-likeness (QED) is 0.255. The van der Waals surface area contributed by atoms with Gasteiger partial charge in [0.15, 0.2) is 11.8 Å². The Kier molecular flexibility index (Phi) is 9.90. The lowest BCUT2D eigenvalue weighted by Gasteiger charge is -2.13. The molecule has 7 heteroatoms. The van der Waals surface area contributed by atoms with Crippen LogP contribution < -0.4 is 10.6 Å². The first kappa shape index (κ1) is 23.6. The summed E-state index contributed by atoms with van der Waals surface area (Å²) in [6.45, 7) is 7.04. The second kappa shape index (κ2) is 12.1. The number of aliphatic imine (C=N–C) groups is 1. The van der Waals surface area contributed by atoms with Crippen LogP contribution >= 0.6 is 24.0 Å². The second-order valence-corrected chi connectivity index (χ2v) is 7.85. The zero-order chi connectivity index (χ0) is 19.8. The predicted octanol–water partition coefficient (Wildman–Crippen LogP) is 4.04. The van der Waals surface area contributed by atoms with Crippen molar-refractivity contribution in [1.29, 1.82) is 0 Å². The first-order chi connectivity index (χ1) is 13.7. The van der Waals surface area contributed by atoms with Crippen molar-refractivity contribution in [2.45, 2.75) is 71.4 Å². The van der Waals surface area contributed by atoms with Crippen LogP contribution in [0.5, 0.6) is 0 Å². The summed E-state index contributed by atoms with van der Waals surface area (Å²) in [4.78, 5) is 4.33. The van der Waals surface area contributed by atoms with Crippen LogP contribution in [-0.2, 0) is 25.9 Å². The van der Waals surface area contributed by atoms with Crippen LogP contribution in [0.1, 0.15) is 68.2 Å². The van der Waals surface area contributed by atoms with Gasteiger partial charge in [0, 0.05) is 26.6 Å². The van der Waals surface area contributed by atoms with E-state index in [9.17, 15) is 0 Å². The third kappa shape index (κ3) is 6.97. The van der Waals surface area contributed by atoms with Gasteiger partial charge < -0.3 is 15.2 Å². The van der Waals surface area contributed by atoms with Crippen LogP contribution in [-0.4, -0.2) is 34.3 Å². The molecule has 2 aromatic rings. The van der Waals surface area contributed by atoms with Crippen molar-refractivity contribution in [2.24, 2.45) is 4.99 Å². The first-order valence-corrected chi connectivity index (χ1v) is 10.6. The van der Waals surface area contributed by atoms with E-state index >= 15 is 0 Å². The van der Waals surface area contributed by atoms with E-state index in [1.54, 1.807) is 0 Å². The van der Waals surface area contributed by atoms with Gasteiger partial charge in [-0.15, -0.1) is 34.2 Å². The van der Waals surface area contributed by atoms with E-state index in [1.807, 2.05) is 7.05 Å². The molecule has 1 aliphatic rings. The zero-order valence-corrected chi connectivity index (χ0v) is 20.3. The van der Waals surface area contributed by atoms with Crippen LogP contribution in [0.3, 0.4) is 0 Å². The maximum atomic E-state index is 4.37. The molecule has 3 rings (SSSR count). The fourth-order valence-corrected chi connectivity index (χ4v) is 3.63. The van der Waals surface area contributed by atoms with Crippen LogP contribution in [0, 0.1) is 0 Å². The van der Waals surface area contributed by atoms with Gasteiger partial charge >= 0.3 is 0 Å². The molecule has 0 saturated heterocycles. The summed E-state index contributed by atoms with van der Waals surface area (Å²) < 4.78 is 2.27. The Hall–Kier alpha value is -1.64. The number of hydrogen-bond acceptors (Lipinski definition) is 3. The number of guanidine groups is 1. The largest absolute Gasteiger partial charge is 0.356 e. The van der Waals surface area contributed by atoms with Crippen molar-refractivity contribution in [1.82, 2.24) is 25.4 Å². The molecule has 0 atom stereocenters. The number of benzene rings is 1. The Labute approximate surface area is 192 Å². The molecule has 2 heterocycles. The molecule has 0 bridgehead atoms. The van der Waals surface area contributed by atoms with Crippen molar-refractivity contribution in [3.63, 3.8) is 0 Å². The average Bonchev–Trinajstić information content (AvgIpc) is 2.94. The normalized spacial score (nSPS) is 14.1. The Bertz CT molecular complexity index is 766. The monoisotopic (exact) mass is 510 g/mol. The molecule has 0 saturated carbocycles. The summed E-state index contributed by atoms with van der Waals surface area (Å²) >= 11 is 0. The molecule has 0 spiro atoms. The smallest absolute Gasteiger partial charge is 0.191 e. The van der Waals surface area contributed by atoms with Crippen LogP contribution in [0.15, 0.2) is 29.3 Å². The fraction of sp³-hybridized carbons (Fsp3) is 0.591. The van der Waals surface area contributed by atoms with Gasteiger partial charge in [0.25, 0.3) is 0 Å². The Morgan fingerprint density at radius 2 is 1.90 bits per heavy atom. The van der Waals surface area contributed by atoms with Gasteiger partial charge in [-0.25, -0.2) is 0 Å². The number of nitrogens with one attached hydrogen (secondary N) is 2. The van der Waals surface area contributed by atoms with E-state index in [2.05, 4.69) is 68.5 Å². The van der Waals surface area contributed by atoms with Crippen LogP contribution in [0.25, 0.3) is 0 Å². The van der Waals surface area contributed by atoms with Crippen molar-refractivity contribution in [3.8, 4) is 0 Å². The number of aryl methyl sites for hydroxylation is 2. The summed E-state index contributed by atoms with van der Waals surface area (Å²) in [5, 5.41) is 15.5. The molecule has 160 valence electrons. The lowest BCUT2D eigenvalue weighted by atomic mass is 10.0. The Morgan fingerprint density at radius 3 is 2.62 bits per heavy atom. The summed E-state index contributed by atoms with van der Waals surface area (Å²) in [5.41, 5.74) is 2.79. The van der Waals surface area contributed by atoms with Gasteiger partial charge in [-0.1, -0.05) is 44.5 Å². The van der Waals surface area contributed by atoms with Gasteiger partial charge in [-0.2, -0.15) is 0 Å². The summed E-state index contributed by atoms with van der Waals surface area (Å²) in [7, 11) is 1.81. The molecule has 1 aliphatic heterocycles. The highest BCUT2D eigenvalue weighted by Gasteiger charge is 2.14. The highest BCUT2D eigenvalue weighted by atomic mass is 127. The first-order valence-electron chi connectivity index (χ1n) is 10.6. The molecular weight excluding hydrogens is 475 g/mol. The summed E-state index contributed by atoms with van der Waals surface area (Å²) in [6, 6.07) is 8.99. The number of nitrogens with zero attached hydrogens (tertiary/aromatic N) is 4. The third-order valence-corrected chi connectivity index (χ3v) is 5.40. The van der Waals surface area contributed by atoms with E-state index in [0.717, 1.165) is 50.0 Å². The van der Waals surface area contributed by atoms with Crippen LogP contribution in [0.2, 0.25) is 0 Å². The SMILES string of the molecule is CN=C(NCCCc1ccc(C(C)C)cc1)NCc1nnc2n1CCCCC2.I. The average molecular weight is 510 g/mol. The second-order valence-electron chi connectivity index (χ2n) is 7.85. The van der Waals surface area contributed by atoms with Gasteiger partial charge in [0.05, 0.1) is 6.54 Å². The number of fused-ring (bicyclic) bond motifs is 1. The van der Waals surface area contributed by atoms with E-state index in [-0.39, 0.29) is 24.0 Å². The van der Waals surface area contributed by atoms with E-state index in [4.69, 9.17) is 0 Å². The third-order valence-electron chi connectivity index (χ3n) is 5.40. The molecule has 6 nitrogen and oxygen atoms in total. The van der Waals surface area contributed by atoms with Crippen molar-refractivity contribution in [3.05, 3.63) is 47.0 Å². The van der Waals surface area contributed by atoms with E-state index < -0.39 is 0 Å². The summed E-state index contributed by atoms with van der Waals surface area (Å²) in [5.74, 6) is 3.54. The molecule has 0 fully saturated rings. The lowest BCUT2D eigenvalue weighted by Crippen LogP contribution is -2.38. The van der Waals surface area contributed by atoms with Crippen molar-refractivity contribution >= 4 is 29.9 Å².